The Morgan fingerprint density at radius 3 is 1.72 bits per heavy atom. The van der Waals surface area contributed by atoms with E-state index in [0.29, 0.717) is 0 Å². The summed E-state index contributed by atoms with van der Waals surface area (Å²) in [5, 5.41) is 17.7. The molecule has 0 aromatic heterocycles. The fourth-order valence-corrected chi connectivity index (χ4v) is 3.68. The second-order valence-electron chi connectivity index (χ2n) is 2.78. The molecule has 0 aromatic carbocycles. The molecule has 0 saturated carbocycles. The van der Waals surface area contributed by atoms with Crippen LogP contribution in [0.15, 0.2) is 0 Å². The molecule has 0 bridgehead atoms. The minimum absolute atomic E-state index is 0.615. The quantitative estimate of drug-likeness (QED) is 0.255. The Kier molecular flexibility index (Phi) is 5.86. The van der Waals surface area contributed by atoms with Crippen molar-refractivity contribution in [2.24, 2.45) is 0 Å². The molecule has 0 aromatic rings. The van der Waals surface area contributed by atoms with Gasteiger partial charge < -0.3 is 29.8 Å². The van der Waals surface area contributed by atoms with E-state index in [-0.39, 0.29) is 0 Å². The highest BCUT2D eigenvalue weighted by atomic mass is 31.3. The van der Waals surface area contributed by atoms with Gasteiger partial charge in [-0.25, -0.2) is 18.2 Å². The summed E-state index contributed by atoms with van der Waals surface area (Å²) in [7, 11) is -16.7. The number of phosphoric acid groups is 3. The lowest BCUT2D eigenvalue weighted by molar-refractivity contribution is -0.298. The molecule has 15 heteroatoms. The lowest BCUT2D eigenvalue weighted by Gasteiger charge is -2.23. The van der Waals surface area contributed by atoms with Crippen LogP contribution in [-0.2, 0) is 26.8 Å². The third-order valence-electron chi connectivity index (χ3n) is 1.14. The molecule has 110 valence electrons. The Balaban J connectivity index is 4.83. The summed E-state index contributed by atoms with van der Waals surface area (Å²) < 4.78 is 42.4. The van der Waals surface area contributed by atoms with Crippen LogP contribution in [0.3, 0.4) is 0 Å². The highest BCUT2D eigenvalue weighted by molar-refractivity contribution is 7.66. The van der Waals surface area contributed by atoms with Gasteiger partial charge in [0.05, 0.1) is 0 Å². The fraction of sp³-hybridized carbons (Fsp3) is 1.00. The van der Waals surface area contributed by atoms with Crippen molar-refractivity contribution < 1.29 is 56.6 Å². The van der Waals surface area contributed by atoms with Crippen LogP contribution in [0.4, 0.5) is 0 Å². The van der Waals surface area contributed by atoms with E-state index in [2.05, 4.69) is 13.1 Å². The van der Waals surface area contributed by atoms with Gasteiger partial charge in [0.2, 0.25) is 0 Å². The van der Waals surface area contributed by atoms with Crippen molar-refractivity contribution in [3.63, 3.8) is 0 Å². The molecule has 0 spiro atoms. The predicted octanol–water partition coefficient (Wildman–Crippen LogP) is -0.622. The largest absolute Gasteiger partial charge is 0.490 e. The molecule has 6 N–H and O–H groups in total. The van der Waals surface area contributed by atoms with E-state index in [1.54, 1.807) is 0 Å². The van der Waals surface area contributed by atoms with Gasteiger partial charge in [-0.3, -0.25) is 0 Å². The number of hydrogen-bond donors (Lipinski definition) is 6. The van der Waals surface area contributed by atoms with Crippen molar-refractivity contribution in [2.75, 3.05) is 0 Å². The Hall–Kier alpha value is 0.330. The van der Waals surface area contributed by atoms with Crippen LogP contribution >= 0.6 is 23.5 Å². The summed E-state index contributed by atoms with van der Waals surface area (Å²) in [5.41, 5.74) is 0. The first-order valence-electron chi connectivity index (χ1n) is 3.97. The smallest absolute Gasteiger partial charge is 0.343 e. The van der Waals surface area contributed by atoms with Gasteiger partial charge in [-0.2, -0.15) is 8.62 Å². The second-order valence-corrected chi connectivity index (χ2v) is 7.12. The minimum atomic E-state index is -5.66. The Morgan fingerprint density at radius 1 is 0.944 bits per heavy atom. The van der Waals surface area contributed by atoms with Crippen LogP contribution in [0.1, 0.15) is 13.3 Å². The molecule has 2 atom stereocenters. The topological polar surface area (TPSA) is 200 Å². The minimum Gasteiger partial charge on any atom is -0.343 e. The second kappa shape index (κ2) is 5.76. The van der Waals surface area contributed by atoms with Gasteiger partial charge in [-0.1, -0.05) is 6.92 Å². The van der Waals surface area contributed by atoms with Gasteiger partial charge in [0, 0.05) is 6.42 Å². The Bertz CT molecular complexity index is 420. The summed E-state index contributed by atoms with van der Waals surface area (Å²) in [6, 6.07) is 0. The third-order valence-corrected chi connectivity index (χ3v) is 4.99. The van der Waals surface area contributed by atoms with Crippen LogP contribution in [0.25, 0.3) is 0 Å². The molecule has 0 aliphatic rings. The van der Waals surface area contributed by atoms with Gasteiger partial charge in [-0.05, 0) is 0 Å². The fourth-order valence-electron chi connectivity index (χ4n) is 0.546. The highest BCUT2D eigenvalue weighted by Gasteiger charge is 2.44. The van der Waals surface area contributed by atoms with E-state index in [9.17, 15) is 13.7 Å². The van der Waals surface area contributed by atoms with E-state index in [0.717, 1.165) is 6.92 Å². The standard InChI is InChI=1S/C3H11O12P3/c1-2-3(4,5)13-17(9,10)15-18(11,12)14-16(6,7)8/h4-5H,2H2,1H3,(H,9,10)(H,11,12)(H2,6,7,8). The van der Waals surface area contributed by atoms with Crippen LogP contribution in [0.2, 0.25) is 0 Å². The monoisotopic (exact) mass is 332 g/mol. The number of rotatable bonds is 7. The van der Waals surface area contributed by atoms with Gasteiger partial charge in [-0.15, -0.1) is 0 Å². The average Bonchev–Trinajstić information content (AvgIpc) is 1.93. The Labute approximate surface area is 100 Å². The van der Waals surface area contributed by atoms with Crippen LogP contribution in [0, 0.1) is 0 Å². The van der Waals surface area contributed by atoms with E-state index < -0.39 is 35.9 Å². The maximum atomic E-state index is 11.0. The number of aliphatic hydroxyl groups is 2. The van der Waals surface area contributed by atoms with Crippen molar-refractivity contribution in [3.8, 4) is 0 Å². The average molecular weight is 332 g/mol. The molecule has 0 fully saturated rings. The Morgan fingerprint density at radius 2 is 1.39 bits per heavy atom. The summed E-state index contributed by atoms with van der Waals surface area (Å²) >= 11 is 0. The van der Waals surface area contributed by atoms with Crippen LogP contribution < -0.4 is 0 Å². The number of phosphoric ester groups is 1. The summed E-state index contributed by atoms with van der Waals surface area (Å²) in [5.74, 6) is -3.15. The van der Waals surface area contributed by atoms with Gasteiger partial charge in [0.15, 0.2) is 0 Å². The first-order chi connectivity index (χ1) is 7.68. The normalized spacial score (nSPS) is 20.2. The molecular weight excluding hydrogens is 321 g/mol. The zero-order valence-corrected chi connectivity index (χ0v) is 11.4. The van der Waals surface area contributed by atoms with Crippen molar-refractivity contribution in [2.45, 2.75) is 19.3 Å². The molecule has 0 aliphatic carbocycles. The molecule has 2 unspecified atom stereocenters. The first-order valence-corrected chi connectivity index (χ1v) is 8.49. The van der Waals surface area contributed by atoms with Crippen molar-refractivity contribution in [1.29, 1.82) is 0 Å². The highest BCUT2D eigenvalue weighted by Crippen LogP contribution is 2.66. The molecule has 18 heavy (non-hydrogen) atoms. The van der Waals surface area contributed by atoms with Gasteiger partial charge in [0.1, 0.15) is 0 Å². The predicted molar refractivity (Wildman–Crippen MR) is 52.4 cm³/mol. The van der Waals surface area contributed by atoms with Gasteiger partial charge >= 0.3 is 23.5 Å². The maximum Gasteiger partial charge on any atom is 0.490 e. The van der Waals surface area contributed by atoms with Crippen molar-refractivity contribution >= 4 is 23.5 Å². The van der Waals surface area contributed by atoms with E-state index >= 15 is 0 Å². The molecule has 0 amide bonds. The lowest BCUT2D eigenvalue weighted by Crippen LogP contribution is -2.29. The molecule has 0 aliphatic heterocycles. The van der Waals surface area contributed by atoms with Crippen molar-refractivity contribution in [1.82, 2.24) is 0 Å². The summed E-state index contributed by atoms with van der Waals surface area (Å²) in [6.45, 7) is 1.12. The zero-order valence-electron chi connectivity index (χ0n) is 8.68. The molecule has 0 heterocycles. The molecule has 0 radical (unpaired) electrons. The van der Waals surface area contributed by atoms with Crippen LogP contribution in [0.5, 0.6) is 0 Å². The van der Waals surface area contributed by atoms with E-state index in [1.807, 2.05) is 0 Å². The van der Waals surface area contributed by atoms with E-state index in [4.69, 9.17) is 29.8 Å². The van der Waals surface area contributed by atoms with E-state index in [1.165, 1.54) is 0 Å². The summed E-state index contributed by atoms with van der Waals surface area (Å²) in [4.78, 5) is 33.9. The summed E-state index contributed by atoms with van der Waals surface area (Å²) in [6.07, 6.45) is -0.615. The SMILES string of the molecule is CCC(O)(O)OP(=O)(O)OP(=O)(O)OP(=O)(O)O. The van der Waals surface area contributed by atoms with Gasteiger partial charge in [0.25, 0.3) is 5.97 Å². The zero-order chi connectivity index (χ0) is 14.8. The van der Waals surface area contributed by atoms with Crippen LogP contribution in [-0.4, -0.2) is 35.8 Å². The first kappa shape index (κ1) is 18.3. The maximum absolute atomic E-state index is 11.0. The molecule has 12 nitrogen and oxygen atoms in total. The number of hydrogen-bond acceptors (Lipinski definition) is 8. The molecule has 0 saturated heterocycles. The molecular formula is C3H11O12P3. The third kappa shape index (κ3) is 8.44. The van der Waals surface area contributed by atoms with Crippen molar-refractivity contribution in [3.05, 3.63) is 0 Å². The molecule has 0 rings (SSSR count). The lowest BCUT2D eigenvalue weighted by atomic mass is 10.4.